The van der Waals surface area contributed by atoms with Crippen LogP contribution in [0.3, 0.4) is 0 Å². The molecule has 0 unspecified atom stereocenters. The van der Waals surface area contributed by atoms with E-state index >= 15 is 0 Å². The SMILES string of the molecule is CC(C)[C@H]1CN(CCCn2cccn2)C[C@@H]1N(C)C.Cl.Cl. The van der Waals surface area contributed by atoms with Crippen molar-refractivity contribution < 1.29 is 0 Å². The molecule has 0 radical (unpaired) electrons. The van der Waals surface area contributed by atoms with Gasteiger partial charge in [-0.2, -0.15) is 5.10 Å². The summed E-state index contributed by atoms with van der Waals surface area (Å²) in [4.78, 5) is 5.02. The fourth-order valence-corrected chi connectivity index (χ4v) is 3.17. The molecule has 0 bridgehead atoms. The lowest BCUT2D eigenvalue weighted by Crippen LogP contribution is -2.37. The highest BCUT2D eigenvalue weighted by molar-refractivity contribution is 5.85. The van der Waals surface area contributed by atoms with Crippen LogP contribution in [0, 0.1) is 11.8 Å². The van der Waals surface area contributed by atoms with Gasteiger partial charge in [0.1, 0.15) is 0 Å². The molecule has 2 atom stereocenters. The van der Waals surface area contributed by atoms with E-state index in [1.807, 2.05) is 23.1 Å². The first-order valence-electron chi connectivity index (χ1n) is 7.44. The van der Waals surface area contributed by atoms with Crippen molar-refractivity contribution in [2.24, 2.45) is 11.8 Å². The van der Waals surface area contributed by atoms with Crippen LogP contribution in [0.5, 0.6) is 0 Å². The Hall–Kier alpha value is -0.290. The van der Waals surface area contributed by atoms with Gasteiger partial charge in [0.25, 0.3) is 0 Å². The molecule has 6 heteroatoms. The molecule has 0 amide bonds. The summed E-state index contributed by atoms with van der Waals surface area (Å²) in [6.07, 6.45) is 5.09. The van der Waals surface area contributed by atoms with Gasteiger partial charge in [-0.15, -0.1) is 24.8 Å². The molecule has 1 aromatic rings. The zero-order valence-electron chi connectivity index (χ0n) is 13.6. The normalized spacial score (nSPS) is 22.4. The van der Waals surface area contributed by atoms with E-state index in [0.29, 0.717) is 6.04 Å². The van der Waals surface area contributed by atoms with E-state index in [1.165, 1.54) is 26.1 Å². The van der Waals surface area contributed by atoms with Crippen molar-refractivity contribution in [2.45, 2.75) is 32.9 Å². The maximum Gasteiger partial charge on any atom is 0.0489 e. The molecule has 0 N–H and O–H groups in total. The Morgan fingerprint density at radius 3 is 2.38 bits per heavy atom. The van der Waals surface area contributed by atoms with E-state index in [9.17, 15) is 0 Å². The Labute approximate surface area is 141 Å². The van der Waals surface area contributed by atoms with Gasteiger partial charge in [0.05, 0.1) is 0 Å². The number of halogens is 2. The molecule has 0 spiro atoms. The van der Waals surface area contributed by atoms with Crippen LogP contribution in [0.25, 0.3) is 0 Å². The van der Waals surface area contributed by atoms with Gasteiger partial charge < -0.3 is 9.80 Å². The Morgan fingerprint density at radius 2 is 1.90 bits per heavy atom. The van der Waals surface area contributed by atoms with Crippen molar-refractivity contribution in [2.75, 3.05) is 33.7 Å². The second kappa shape index (κ2) is 9.67. The zero-order chi connectivity index (χ0) is 13.8. The zero-order valence-corrected chi connectivity index (χ0v) is 15.2. The summed E-state index contributed by atoms with van der Waals surface area (Å²) in [5, 5.41) is 4.26. The number of nitrogens with zero attached hydrogens (tertiary/aromatic N) is 4. The summed E-state index contributed by atoms with van der Waals surface area (Å²) in [7, 11) is 4.43. The number of aryl methyl sites for hydroxylation is 1. The van der Waals surface area contributed by atoms with Crippen molar-refractivity contribution in [3.63, 3.8) is 0 Å². The van der Waals surface area contributed by atoms with E-state index in [2.05, 4.69) is 42.8 Å². The van der Waals surface area contributed by atoms with Gasteiger partial charge in [-0.1, -0.05) is 13.8 Å². The van der Waals surface area contributed by atoms with Crippen LogP contribution in [0.1, 0.15) is 20.3 Å². The van der Waals surface area contributed by atoms with Gasteiger partial charge in [-0.25, -0.2) is 0 Å². The van der Waals surface area contributed by atoms with E-state index in [1.54, 1.807) is 0 Å². The highest BCUT2D eigenvalue weighted by Gasteiger charge is 2.35. The molecule has 0 saturated carbocycles. The minimum atomic E-state index is 0. The lowest BCUT2D eigenvalue weighted by molar-refractivity contribution is 0.215. The van der Waals surface area contributed by atoms with Crippen molar-refractivity contribution in [3.05, 3.63) is 18.5 Å². The molecule has 1 aromatic heterocycles. The summed E-state index contributed by atoms with van der Waals surface area (Å²) >= 11 is 0. The van der Waals surface area contributed by atoms with Crippen molar-refractivity contribution >= 4 is 24.8 Å². The molecule has 0 aromatic carbocycles. The van der Waals surface area contributed by atoms with Crippen LogP contribution < -0.4 is 0 Å². The predicted molar refractivity (Wildman–Crippen MR) is 93.6 cm³/mol. The number of hydrogen-bond acceptors (Lipinski definition) is 3. The van der Waals surface area contributed by atoms with E-state index < -0.39 is 0 Å². The average molecular weight is 337 g/mol. The number of likely N-dealkylation sites (tertiary alicyclic amines) is 1. The average Bonchev–Trinajstić information content (AvgIpc) is 2.97. The first-order chi connectivity index (χ1) is 9.08. The largest absolute Gasteiger partial charge is 0.305 e. The Bertz CT molecular complexity index is 352. The predicted octanol–water partition coefficient (Wildman–Crippen LogP) is 2.63. The standard InChI is InChI=1S/C15H28N4.2ClH/c1-13(2)14-11-18(12-15(14)17(3)4)8-6-10-19-9-5-7-16-19;;/h5,7,9,13-15H,6,8,10-12H2,1-4H3;2*1H/t14-,15+;;/m1../s1. The summed E-state index contributed by atoms with van der Waals surface area (Å²) in [5.74, 6) is 1.57. The third kappa shape index (κ3) is 5.78. The minimum Gasteiger partial charge on any atom is -0.305 e. The molecule has 2 rings (SSSR count). The quantitative estimate of drug-likeness (QED) is 0.798. The molecule has 1 saturated heterocycles. The third-order valence-electron chi connectivity index (χ3n) is 4.35. The molecule has 1 fully saturated rings. The Kier molecular flexibility index (Phi) is 9.54. The second-order valence-corrected chi connectivity index (χ2v) is 6.32. The Balaban J connectivity index is 0.00000200. The highest BCUT2D eigenvalue weighted by atomic mass is 35.5. The fraction of sp³-hybridized carbons (Fsp3) is 0.800. The fourth-order valence-electron chi connectivity index (χ4n) is 3.17. The first kappa shape index (κ1) is 20.7. The number of likely N-dealkylation sites (N-methyl/N-ethyl adjacent to an activating group) is 1. The second-order valence-electron chi connectivity index (χ2n) is 6.32. The van der Waals surface area contributed by atoms with Gasteiger partial charge in [-0.3, -0.25) is 4.68 Å². The van der Waals surface area contributed by atoms with Gasteiger partial charge in [0.2, 0.25) is 0 Å². The van der Waals surface area contributed by atoms with Crippen LogP contribution in [0.4, 0.5) is 0 Å². The van der Waals surface area contributed by atoms with Gasteiger partial charge >= 0.3 is 0 Å². The third-order valence-corrected chi connectivity index (χ3v) is 4.35. The topological polar surface area (TPSA) is 24.3 Å². The number of hydrogen-bond donors (Lipinski definition) is 0. The maximum atomic E-state index is 4.26. The molecule has 0 aliphatic carbocycles. The van der Waals surface area contributed by atoms with E-state index in [-0.39, 0.29) is 24.8 Å². The lowest BCUT2D eigenvalue weighted by Gasteiger charge is -2.27. The number of rotatable bonds is 6. The highest BCUT2D eigenvalue weighted by Crippen LogP contribution is 2.27. The summed E-state index contributed by atoms with van der Waals surface area (Å²) in [5.41, 5.74) is 0. The van der Waals surface area contributed by atoms with Gasteiger partial charge in [0.15, 0.2) is 0 Å². The van der Waals surface area contributed by atoms with Crippen LogP contribution in [-0.4, -0.2) is 59.4 Å². The molecule has 2 heterocycles. The van der Waals surface area contributed by atoms with Crippen LogP contribution in [-0.2, 0) is 6.54 Å². The molecule has 4 nitrogen and oxygen atoms in total. The molecular weight excluding hydrogens is 307 g/mol. The van der Waals surface area contributed by atoms with Crippen molar-refractivity contribution in [1.29, 1.82) is 0 Å². The first-order valence-corrected chi connectivity index (χ1v) is 7.44. The smallest absolute Gasteiger partial charge is 0.0489 e. The molecule has 21 heavy (non-hydrogen) atoms. The minimum absolute atomic E-state index is 0. The van der Waals surface area contributed by atoms with Gasteiger partial charge in [0, 0.05) is 38.1 Å². The molecular formula is C15H30Cl2N4. The molecule has 1 aliphatic heterocycles. The molecule has 1 aliphatic rings. The van der Waals surface area contributed by atoms with Crippen LogP contribution in [0.2, 0.25) is 0 Å². The number of aromatic nitrogens is 2. The molecule has 124 valence electrons. The lowest BCUT2D eigenvalue weighted by atomic mass is 9.91. The monoisotopic (exact) mass is 336 g/mol. The van der Waals surface area contributed by atoms with Crippen LogP contribution in [0.15, 0.2) is 18.5 Å². The van der Waals surface area contributed by atoms with Gasteiger partial charge in [-0.05, 0) is 45.0 Å². The van der Waals surface area contributed by atoms with E-state index in [0.717, 1.165) is 18.4 Å². The van der Waals surface area contributed by atoms with E-state index in [4.69, 9.17) is 0 Å². The van der Waals surface area contributed by atoms with Crippen molar-refractivity contribution in [3.8, 4) is 0 Å². The van der Waals surface area contributed by atoms with Crippen molar-refractivity contribution in [1.82, 2.24) is 19.6 Å². The summed E-state index contributed by atoms with van der Waals surface area (Å²) in [6, 6.07) is 2.71. The van der Waals surface area contributed by atoms with Crippen LogP contribution >= 0.6 is 24.8 Å². The summed E-state index contributed by atoms with van der Waals surface area (Å²) < 4.78 is 2.03. The Morgan fingerprint density at radius 1 is 1.19 bits per heavy atom. The maximum absolute atomic E-state index is 4.26. The summed E-state index contributed by atoms with van der Waals surface area (Å²) in [6.45, 7) is 9.40.